The lowest BCUT2D eigenvalue weighted by Gasteiger charge is -2.08. The molecular formula is C12H14N2O4. The molecule has 1 aromatic carbocycles. The van der Waals surface area contributed by atoms with E-state index in [4.69, 9.17) is 0 Å². The van der Waals surface area contributed by atoms with Crippen molar-refractivity contribution in [3.05, 3.63) is 36.4 Å². The van der Waals surface area contributed by atoms with Gasteiger partial charge in [0.1, 0.15) is 5.75 Å². The first-order chi connectivity index (χ1) is 8.52. The van der Waals surface area contributed by atoms with Crippen molar-refractivity contribution in [2.24, 2.45) is 0 Å². The second kappa shape index (κ2) is 6.29. The van der Waals surface area contributed by atoms with E-state index in [0.717, 1.165) is 0 Å². The van der Waals surface area contributed by atoms with Crippen LogP contribution in [-0.2, 0) is 9.53 Å². The summed E-state index contributed by atoms with van der Waals surface area (Å²) in [6, 6.07) is 5.59. The molecule has 1 rings (SSSR count). The van der Waals surface area contributed by atoms with Crippen molar-refractivity contribution < 1.29 is 19.4 Å². The Morgan fingerprint density at radius 1 is 1.44 bits per heavy atom. The number of carbonyl (C=O) groups is 2. The van der Waals surface area contributed by atoms with Crippen LogP contribution in [0.4, 0.5) is 10.5 Å². The third-order valence-electron chi connectivity index (χ3n) is 2.04. The summed E-state index contributed by atoms with van der Waals surface area (Å²) in [5.74, 6) is -0.528. The molecule has 0 heterocycles. The molecule has 0 saturated heterocycles. The predicted octanol–water partition coefficient (Wildman–Crippen LogP) is 1.24. The number of benzene rings is 1. The molecular weight excluding hydrogens is 236 g/mol. The fraction of sp³-hybridized carbons (Fsp3) is 0.167. The van der Waals surface area contributed by atoms with Crippen LogP contribution in [0, 0.1) is 0 Å². The zero-order valence-corrected chi connectivity index (χ0v) is 9.90. The number of esters is 1. The Bertz CT molecular complexity index is 471. The molecule has 0 radical (unpaired) electrons. The van der Waals surface area contributed by atoms with Crippen molar-refractivity contribution in [3.8, 4) is 5.75 Å². The Kier molecular flexibility index (Phi) is 4.74. The Morgan fingerprint density at radius 2 is 2.17 bits per heavy atom. The molecule has 0 saturated carbocycles. The van der Waals surface area contributed by atoms with Crippen molar-refractivity contribution in [1.82, 2.24) is 5.32 Å². The molecule has 0 bridgehead atoms. The summed E-state index contributed by atoms with van der Waals surface area (Å²) in [5, 5.41) is 14.1. The Morgan fingerprint density at radius 3 is 2.78 bits per heavy atom. The maximum Gasteiger partial charge on any atom is 0.334 e. The third kappa shape index (κ3) is 4.17. The summed E-state index contributed by atoms with van der Waals surface area (Å²) in [6.07, 6.45) is 0. The van der Waals surface area contributed by atoms with Crippen LogP contribution in [0.15, 0.2) is 36.4 Å². The van der Waals surface area contributed by atoms with Crippen LogP contribution in [0.25, 0.3) is 0 Å². The first kappa shape index (κ1) is 13.6. The Hall–Kier alpha value is -2.50. The highest BCUT2D eigenvalue weighted by molar-refractivity contribution is 5.92. The van der Waals surface area contributed by atoms with Gasteiger partial charge in [-0.05, 0) is 12.1 Å². The van der Waals surface area contributed by atoms with Gasteiger partial charge in [-0.2, -0.15) is 0 Å². The highest BCUT2D eigenvalue weighted by atomic mass is 16.5. The summed E-state index contributed by atoms with van der Waals surface area (Å²) in [7, 11) is 1.24. The minimum atomic E-state index is -0.576. The highest BCUT2D eigenvalue weighted by Crippen LogP contribution is 2.14. The highest BCUT2D eigenvalue weighted by Gasteiger charge is 2.08. The van der Waals surface area contributed by atoms with Crippen molar-refractivity contribution >= 4 is 17.7 Å². The number of anilines is 1. The Labute approximate surface area is 104 Å². The first-order valence-electron chi connectivity index (χ1n) is 5.13. The largest absolute Gasteiger partial charge is 0.508 e. The lowest BCUT2D eigenvalue weighted by Crippen LogP contribution is -2.31. The van der Waals surface area contributed by atoms with Gasteiger partial charge in [0.2, 0.25) is 0 Å². The lowest BCUT2D eigenvalue weighted by atomic mass is 10.3. The number of nitrogens with one attached hydrogen (secondary N) is 2. The van der Waals surface area contributed by atoms with Gasteiger partial charge in [0.25, 0.3) is 0 Å². The maximum atomic E-state index is 11.4. The summed E-state index contributed by atoms with van der Waals surface area (Å²) >= 11 is 0. The summed E-state index contributed by atoms with van der Waals surface area (Å²) in [5.41, 5.74) is 0.583. The number of ether oxygens (including phenoxy) is 1. The number of amides is 2. The van der Waals surface area contributed by atoms with E-state index in [-0.39, 0.29) is 17.9 Å². The van der Waals surface area contributed by atoms with Gasteiger partial charge in [-0.25, -0.2) is 9.59 Å². The van der Waals surface area contributed by atoms with E-state index in [1.807, 2.05) is 0 Å². The van der Waals surface area contributed by atoms with E-state index < -0.39 is 12.0 Å². The molecule has 6 nitrogen and oxygen atoms in total. The lowest BCUT2D eigenvalue weighted by molar-refractivity contribution is -0.136. The zero-order chi connectivity index (χ0) is 13.5. The molecule has 0 unspecified atom stereocenters. The second-order valence-electron chi connectivity index (χ2n) is 3.45. The second-order valence-corrected chi connectivity index (χ2v) is 3.45. The first-order valence-corrected chi connectivity index (χ1v) is 5.13. The standard InChI is InChI=1S/C12H14N2O4/c1-8(11(16)18-2)7-13-12(17)14-9-4-3-5-10(15)6-9/h3-6,15H,1,7H2,2H3,(H2,13,14,17). The van der Waals surface area contributed by atoms with Crippen LogP contribution in [0.5, 0.6) is 5.75 Å². The fourth-order valence-electron chi connectivity index (χ4n) is 1.16. The molecule has 0 fully saturated rings. The van der Waals surface area contributed by atoms with Gasteiger partial charge in [-0.1, -0.05) is 12.6 Å². The normalized spacial score (nSPS) is 9.39. The van der Waals surface area contributed by atoms with E-state index in [1.165, 1.54) is 19.2 Å². The quantitative estimate of drug-likeness (QED) is 0.554. The van der Waals surface area contributed by atoms with E-state index >= 15 is 0 Å². The molecule has 0 spiro atoms. The number of hydrogen-bond donors (Lipinski definition) is 3. The monoisotopic (exact) mass is 250 g/mol. The summed E-state index contributed by atoms with van der Waals surface area (Å²) in [4.78, 5) is 22.4. The number of rotatable bonds is 4. The van der Waals surface area contributed by atoms with Gasteiger partial charge < -0.3 is 20.5 Å². The van der Waals surface area contributed by atoms with Crippen molar-refractivity contribution in [2.45, 2.75) is 0 Å². The number of hydrogen-bond acceptors (Lipinski definition) is 4. The van der Waals surface area contributed by atoms with Gasteiger partial charge in [0.05, 0.1) is 13.7 Å². The van der Waals surface area contributed by atoms with Crippen LogP contribution in [0.3, 0.4) is 0 Å². The van der Waals surface area contributed by atoms with E-state index in [1.54, 1.807) is 12.1 Å². The fourth-order valence-corrected chi connectivity index (χ4v) is 1.16. The minimum absolute atomic E-state index is 0.0165. The minimum Gasteiger partial charge on any atom is -0.508 e. The molecule has 0 aliphatic rings. The summed E-state index contributed by atoms with van der Waals surface area (Å²) in [6.45, 7) is 3.44. The van der Waals surface area contributed by atoms with Crippen molar-refractivity contribution in [3.63, 3.8) is 0 Å². The molecule has 6 heteroatoms. The van der Waals surface area contributed by atoms with Gasteiger partial charge in [-0.15, -0.1) is 0 Å². The average molecular weight is 250 g/mol. The van der Waals surface area contributed by atoms with Crippen LogP contribution < -0.4 is 10.6 Å². The molecule has 18 heavy (non-hydrogen) atoms. The SMILES string of the molecule is C=C(CNC(=O)Nc1cccc(O)c1)C(=O)OC. The average Bonchev–Trinajstić information content (AvgIpc) is 2.35. The number of phenols is 1. The number of aromatic hydroxyl groups is 1. The van der Waals surface area contributed by atoms with E-state index in [9.17, 15) is 14.7 Å². The molecule has 1 aromatic rings. The number of urea groups is 1. The van der Waals surface area contributed by atoms with E-state index in [0.29, 0.717) is 5.69 Å². The molecule has 0 aliphatic carbocycles. The van der Waals surface area contributed by atoms with Gasteiger partial charge >= 0.3 is 12.0 Å². The smallest absolute Gasteiger partial charge is 0.334 e. The molecule has 96 valence electrons. The van der Waals surface area contributed by atoms with Crippen LogP contribution in [-0.4, -0.2) is 30.8 Å². The van der Waals surface area contributed by atoms with E-state index in [2.05, 4.69) is 21.9 Å². The predicted molar refractivity (Wildman–Crippen MR) is 66.3 cm³/mol. The van der Waals surface area contributed by atoms with Gasteiger partial charge in [0, 0.05) is 17.3 Å². The van der Waals surface area contributed by atoms with Crippen molar-refractivity contribution in [1.29, 1.82) is 0 Å². The Balaban J connectivity index is 2.43. The zero-order valence-electron chi connectivity index (χ0n) is 9.90. The molecule has 0 atom stereocenters. The number of carbonyl (C=O) groups excluding carboxylic acids is 2. The van der Waals surface area contributed by atoms with Gasteiger partial charge in [0.15, 0.2) is 0 Å². The number of methoxy groups -OCH3 is 1. The topological polar surface area (TPSA) is 87.7 Å². The summed E-state index contributed by atoms with van der Waals surface area (Å²) < 4.78 is 4.44. The van der Waals surface area contributed by atoms with Crippen LogP contribution in [0.2, 0.25) is 0 Å². The molecule has 2 amide bonds. The van der Waals surface area contributed by atoms with Crippen LogP contribution in [0.1, 0.15) is 0 Å². The van der Waals surface area contributed by atoms with Crippen LogP contribution >= 0.6 is 0 Å². The maximum absolute atomic E-state index is 11.4. The van der Waals surface area contributed by atoms with Crippen molar-refractivity contribution in [2.75, 3.05) is 19.0 Å². The van der Waals surface area contributed by atoms with Gasteiger partial charge in [-0.3, -0.25) is 0 Å². The number of phenolic OH excluding ortho intramolecular Hbond substituents is 1. The molecule has 3 N–H and O–H groups in total. The molecule has 0 aromatic heterocycles. The molecule has 0 aliphatic heterocycles. The third-order valence-corrected chi connectivity index (χ3v) is 2.04.